The summed E-state index contributed by atoms with van der Waals surface area (Å²) in [5, 5.41) is 0. The second-order valence-electron chi connectivity index (χ2n) is 6.07. The van der Waals surface area contributed by atoms with E-state index < -0.39 is 5.76 Å². The molecule has 1 aromatic carbocycles. The lowest BCUT2D eigenvalue weighted by Crippen LogP contribution is -2.38. The second kappa shape index (κ2) is 4.58. The molecule has 0 aliphatic carbocycles. The molecule has 0 unspecified atom stereocenters. The van der Waals surface area contributed by atoms with Crippen molar-refractivity contribution >= 4 is 22.5 Å². The summed E-state index contributed by atoms with van der Waals surface area (Å²) in [4.78, 5) is 16.2. The van der Waals surface area contributed by atoms with Gasteiger partial charge >= 0.3 is 5.76 Å². The van der Waals surface area contributed by atoms with E-state index in [0.717, 1.165) is 18.8 Å². The highest BCUT2D eigenvalue weighted by atomic mass is 16.4. The number of H-pyrrole nitrogens is 1. The van der Waals surface area contributed by atoms with E-state index >= 15 is 0 Å². The molecule has 20 heavy (non-hydrogen) atoms. The molecule has 1 saturated heterocycles. The van der Waals surface area contributed by atoms with Crippen LogP contribution in [0.25, 0.3) is 11.1 Å². The Bertz CT molecular complexity index is 678. The molecule has 5 heteroatoms. The number of nitrogens with zero attached hydrogens (tertiary/aromatic N) is 1. The van der Waals surface area contributed by atoms with Gasteiger partial charge < -0.3 is 15.1 Å². The number of nitrogens with two attached hydrogens (primary N) is 1. The number of rotatable bonds is 2. The van der Waals surface area contributed by atoms with E-state index in [-0.39, 0.29) is 0 Å². The van der Waals surface area contributed by atoms with E-state index in [1.165, 1.54) is 19.3 Å². The van der Waals surface area contributed by atoms with Crippen LogP contribution in [-0.4, -0.2) is 18.1 Å². The first-order chi connectivity index (χ1) is 9.50. The van der Waals surface area contributed by atoms with E-state index in [1.807, 2.05) is 6.07 Å². The minimum absolute atomic E-state index is 0.436. The van der Waals surface area contributed by atoms with Gasteiger partial charge in [-0.25, -0.2) is 4.79 Å². The molecule has 2 heterocycles. The van der Waals surface area contributed by atoms with Gasteiger partial charge in [0.1, 0.15) is 0 Å². The van der Waals surface area contributed by atoms with Crippen LogP contribution in [0.3, 0.4) is 0 Å². The monoisotopic (exact) mass is 275 g/mol. The quantitative estimate of drug-likeness (QED) is 0.826. The highest BCUT2D eigenvalue weighted by Gasteiger charge is 2.29. The Morgan fingerprint density at radius 3 is 2.75 bits per heavy atom. The van der Waals surface area contributed by atoms with Crippen LogP contribution in [0.15, 0.2) is 21.3 Å². The van der Waals surface area contributed by atoms with Crippen molar-refractivity contribution in [3.05, 3.63) is 22.7 Å². The normalized spacial score (nSPS) is 18.6. The van der Waals surface area contributed by atoms with Gasteiger partial charge in [0.2, 0.25) is 0 Å². The van der Waals surface area contributed by atoms with E-state index in [0.29, 0.717) is 22.2 Å². The third kappa shape index (κ3) is 2.17. The minimum Gasteiger partial charge on any atom is -0.408 e. The number of nitrogen functional groups attached to an aromatic ring is 1. The summed E-state index contributed by atoms with van der Waals surface area (Å²) in [6.07, 6.45) is 3.55. The fraction of sp³-hybridized carbons (Fsp3) is 0.533. The molecule has 0 atom stereocenters. The lowest BCUT2D eigenvalue weighted by Gasteiger charge is -2.40. The van der Waals surface area contributed by atoms with Gasteiger partial charge in [-0.15, -0.1) is 0 Å². The summed E-state index contributed by atoms with van der Waals surface area (Å²) >= 11 is 0. The fourth-order valence-corrected chi connectivity index (χ4v) is 2.92. The number of benzene rings is 1. The standard InChI is InChI=1S/C15H21N3O2/c1-3-15(2)4-6-18(7-5-15)12-9-11-13(8-10(12)16)20-14(19)17-11/h8-9H,3-7,16H2,1-2H3,(H,17,19). The van der Waals surface area contributed by atoms with E-state index in [4.69, 9.17) is 10.2 Å². The van der Waals surface area contributed by atoms with Crippen LogP contribution >= 0.6 is 0 Å². The molecule has 1 aromatic heterocycles. The maximum atomic E-state index is 11.2. The Morgan fingerprint density at radius 1 is 1.40 bits per heavy atom. The Balaban J connectivity index is 1.91. The summed E-state index contributed by atoms with van der Waals surface area (Å²) in [7, 11) is 0. The molecule has 1 fully saturated rings. The maximum Gasteiger partial charge on any atom is 0.417 e. The van der Waals surface area contributed by atoms with Crippen molar-refractivity contribution in [1.82, 2.24) is 4.98 Å². The molecule has 0 radical (unpaired) electrons. The zero-order valence-electron chi connectivity index (χ0n) is 12.0. The van der Waals surface area contributed by atoms with Gasteiger partial charge in [-0.2, -0.15) is 0 Å². The van der Waals surface area contributed by atoms with Crippen molar-refractivity contribution in [2.45, 2.75) is 33.1 Å². The molecule has 1 aliphatic heterocycles. The largest absolute Gasteiger partial charge is 0.417 e. The molecule has 0 spiro atoms. The Morgan fingerprint density at radius 2 is 2.10 bits per heavy atom. The van der Waals surface area contributed by atoms with Crippen molar-refractivity contribution in [3.63, 3.8) is 0 Å². The van der Waals surface area contributed by atoms with E-state index in [9.17, 15) is 4.79 Å². The molecule has 0 bridgehead atoms. The van der Waals surface area contributed by atoms with Gasteiger partial charge in [-0.1, -0.05) is 20.3 Å². The van der Waals surface area contributed by atoms with Crippen molar-refractivity contribution in [2.75, 3.05) is 23.7 Å². The van der Waals surface area contributed by atoms with Crippen LogP contribution in [0.5, 0.6) is 0 Å². The average molecular weight is 275 g/mol. The lowest BCUT2D eigenvalue weighted by molar-refractivity contribution is 0.238. The summed E-state index contributed by atoms with van der Waals surface area (Å²) in [5.74, 6) is -0.436. The van der Waals surface area contributed by atoms with E-state index in [2.05, 4.69) is 23.7 Å². The molecule has 0 amide bonds. The summed E-state index contributed by atoms with van der Waals surface area (Å²) in [6, 6.07) is 3.65. The van der Waals surface area contributed by atoms with Crippen molar-refractivity contribution in [1.29, 1.82) is 0 Å². The maximum absolute atomic E-state index is 11.2. The van der Waals surface area contributed by atoms with Gasteiger partial charge in [0.05, 0.1) is 16.9 Å². The first kappa shape index (κ1) is 13.1. The number of piperidine rings is 1. The first-order valence-corrected chi connectivity index (χ1v) is 7.18. The van der Waals surface area contributed by atoms with Crippen molar-refractivity contribution in [3.8, 4) is 0 Å². The Labute approximate surface area is 117 Å². The first-order valence-electron chi connectivity index (χ1n) is 7.18. The molecular formula is C15H21N3O2. The summed E-state index contributed by atoms with van der Waals surface area (Å²) in [6.45, 7) is 6.61. The predicted octanol–water partition coefficient (Wildman–Crippen LogP) is 2.72. The molecule has 3 N–H and O–H groups in total. The van der Waals surface area contributed by atoms with Crippen molar-refractivity contribution in [2.24, 2.45) is 5.41 Å². The highest BCUT2D eigenvalue weighted by molar-refractivity contribution is 5.85. The number of nitrogens with one attached hydrogen (secondary N) is 1. The molecule has 108 valence electrons. The third-order valence-corrected chi connectivity index (χ3v) is 4.73. The van der Waals surface area contributed by atoms with Gasteiger partial charge in [0.15, 0.2) is 5.58 Å². The SMILES string of the molecule is CCC1(C)CCN(c2cc3[nH]c(=O)oc3cc2N)CC1. The molecular weight excluding hydrogens is 254 g/mol. The summed E-state index contributed by atoms with van der Waals surface area (Å²) in [5.41, 5.74) is 9.44. The number of anilines is 2. The Hall–Kier alpha value is -1.91. The van der Waals surface area contributed by atoms with Gasteiger partial charge in [0.25, 0.3) is 0 Å². The third-order valence-electron chi connectivity index (χ3n) is 4.73. The zero-order chi connectivity index (χ0) is 14.3. The van der Waals surface area contributed by atoms with Crippen LogP contribution < -0.4 is 16.4 Å². The van der Waals surface area contributed by atoms with Gasteiger partial charge in [-0.3, -0.25) is 4.98 Å². The molecule has 3 rings (SSSR count). The number of oxazole rings is 1. The predicted molar refractivity (Wildman–Crippen MR) is 81.1 cm³/mol. The second-order valence-corrected chi connectivity index (χ2v) is 6.07. The van der Waals surface area contributed by atoms with Crippen molar-refractivity contribution < 1.29 is 4.42 Å². The number of aromatic nitrogens is 1. The molecule has 0 saturated carbocycles. The number of hydrogen-bond acceptors (Lipinski definition) is 4. The number of fused-ring (bicyclic) bond motifs is 1. The Kier molecular flexibility index (Phi) is 3.00. The molecule has 2 aromatic rings. The van der Waals surface area contributed by atoms with Gasteiger partial charge in [0, 0.05) is 19.2 Å². The smallest absolute Gasteiger partial charge is 0.408 e. The average Bonchev–Trinajstić information content (AvgIpc) is 2.78. The van der Waals surface area contributed by atoms with Crippen LogP contribution in [-0.2, 0) is 0 Å². The van der Waals surface area contributed by atoms with Crippen LogP contribution in [0.1, 0.15) is 33.1 Å². The zero-order valence-corrected chi connectivity index (χ0v) is 12.0. The fourth-order valence-electron chi connectivity index (χ4n) is 2.92. The molecule has 5 nitrogen and oxygen atoms in total. The van der Waals surface area contributed by atoms with E-state index in [1.54, 1.807) is 6.07 Å². The number of hydrogen-bond donors (Lipinski definition) is 2. The topological polar surface area (TPSA) is 75.3 Å². The highest BCUT2D eigenvalue weighted by Crippen LogP contribution is 2.37. The lowest BCUT2D eigenvalue weighted by atomic mass is 9.78. The minimum atomic E-state index is -0.436. The van der Waals surface area contributed by atoms with Crippen LogP contribution in [0, 0.1) is 5.41 Å². The van der Waals surface area contributed by atoms with Crippen LogP contribution in [0.2, 0.25) is 0 Å². The summed E-state index contributed by atoms with van der Waals surface area (Å²) < 4.78 is 5.03. The van der Waals surface area contributed by atoms with Gasteiger partial charge in [-0.05, 0) is 24.3 Å². The number of aromatic amines is 1. The molecule has 1 aliphatic rings. The van der Waals surface area contributed by atoms with Crippen LogP contribution in [0.4, 0.5) is 11.4 Å².